The van der Waals surface area contributed by atoms with Crippen LogP contribution < -0.4 is 0 Å². The minimum Gasteiger partial charge on any atom is -0.508 e. The van der Waals surface area contributed by atoms with Crippen molar-refractivity contribution in [2.75, 3.05) is 0 Å². The van der Waals surface area contributed by atoms with Crippen LogP contribution in [0.3, 0.4) is 0 Å². The van der Waals surface area contributed by atoms with E-state index in [4.69, 9.17) is 5.11 Å². The van der Waals surface area contributed by atoms with E-state index in [9.17, 15) is 9.90 Å². The summed E-state index contributed by atoms with van der Waals surface area (Å²) in [7, 11) is 0. The summed E-state index contributed by atoms with van der Waals surface area (Å²) in [6.07, 6.45) is 0.789. The smallest absolute Gasteiger partial charge is 0.353 e. The first-order valence-corrected chi connectivity index (χ1v) is 5.22. The molecule has 2 rings (SSSR count). The fourth-order valence-corrected chi connectivity index (χ4v) is 1.61. The molecular formula is C12H12N2O3. The van der Waals surface area contributed by atoms with Crippen molar-refractivity contribution in [3.8, 4) is 17.0 Å². The second-order valence-electron chi connectivity index (χ2n) is 3.71. The number of H-pyrrole nitrogens is 1. The van der Waals surface area contributed by atoms with Crippen molar-refractivity contribution in [1.29, 1.82) is 0 Å². The first-order chi connectivity index (χ1) is 8.10. The Morgan fingerprint density at radius 2 is 2.12 bits per heavy atom. The Kier molecular flexibility index (Phi) is 2.82. The number of aromatic nitrogens is 2. The van der Waals surface area contributed by atoms with Crippen LogP contribution >= 0.6 is 0 Å². The lowest BCUT2D eigenvalue weighted by Crippen LogP contribution is -1.95. The van der Waals surface area contributed by atoms with Crippen LogP contribution in [0, 0.1) is 0 Å². The highest BCUT2D eigenvalue weighted by atomic mass is 16.4. The topological polar surface area (TPSA) is 86.2 Å². The number of phenols is 1. The van der Waals surface area contributed by atoms with Crippen molar-refractivity contribution in [2.45, 2.75) is 13.3 Å². The van der Waals surface area contributed by atoms with E-state index in [1.807, 2.05) is 13.0 Å². The van der Waals surface area contributed by atoms with Gasteiger partial charge in [0.15, 0.2) is 0 Å². The first-order valence-electron chi connectivity index (χ1n) is 5.22. The van der Waals surface area contributed by atoms with Gasteiger partial charge in [0.1, 0.15) is 11.4 Å². The maximum atomic E-state index is 10.7. The minimum absolute atomic E-state index is 0.0291. The van der Waals surface area contributed by atoms with Gasteiger partial charge in [0.05, 0.1) is 5.69 Å². The van der Waals surface area contributed by atoms with Gasteiger partial charge in [-0.2, -0.15) is 5.10 Å². The molecule has 1 aromatic carbocycles. The molecule has 0 atom stereocenters. The summed E-state index contributed by atoms with van der Waals surface area (Å²) < 4.78 is 0. The van der Waals surface area contributed by atoms with Gasteiger partial charge >= 0.3 is 5.97 Å². The van der Waals surface area contributed by atoms with Gasteiger partial charge in [0, 0.05) is 5.56 Å². The predicted molar refractivity (Wildman–Crippen MR) is 62.0 cm³/mol. The molecule has 0 saturated heterocycles. The summed E-state index contributed by atoms with van der Waals surface area (Å²) in [6.45, 7) is 1.98. The Balaban J connectivity index is 2.44. The zero-order valence-electron chi connectivity index (χ0n) is 9.27. The Hall–Kier alpha value is -2.30. The van der Waals surface area contributed by atoms with E-state index in [1.165, 1.54) is 6.07 Å². The number of carbonyl (C=O) groups is 1. The predicted octanol–water partition coefficient (Wildman–Crippen LogP) is 2.04. The summed E-state index contributed by atoms with van der Waals surface area (Å²) in [4.78, 5) is 10.7. The maximum absolute atomic E-state index is 10.7. The van der Waals surface area contributed by atoms with E-state index >= 15 is 0 Å². The van der Waals surface area contributed by atoms with Crippen LogP contribution in [0.5, 0.6) is 5.75 Å². The van der Waals surface area contributed by atoms with E-state index in [0.29, 0.717) is 11.3 Å². The molecule has 0 aliphatic carbocycles. The van der Waals surface area contributed by atoms with Crippen molar-refractivity contribution in [1.82, 2.24) is 10.2 Å². The number of nitrogens with zero attached hydrogens (tertiary/aromatic N) is 1. The highest BCUT2D eigenvalue weighted by molar-refractivity contribution is 5.86. The Morgan fingerprint density at radius 3 is 2.71 bits per heavy atom. The number of carboxylic acid groups (broad SMARTS) is 1. The summed E-state index contributed by atoms with van der Waals surface area (Å²) >= 11 is 0. The molecule has 0 aliphatic heterocycles. The second-order valence-corrected chi connectivity index (χ2v) is 3.71. The largest absolute Gasteiger partial charge is 0.508 e. The Morgan fingerprint density at radius 1 is 1.35 bits per heavy atom. The van der Waals surface area contributed by atoms with Crippen molar-refractivity contribution in [2.24, 2.45) is 0 Å². The van der Waals surface area contributed by atoms with E-state index in [0.717, 1.165) is 12.0 Å². The Bertz CT molecular complexity index is 561. The van der Waals surface area contributed by atoms with E-state index < -0.39 is 5.97 Å². The quantitative estimate of drug-likeness (QED) is 0.755. The number of hydrogen-bond donors (Lipinski definition) is 3. The van der Waals surface area contributed by atoms with Gasteiger partial charge in [-0.1, -0.05) is 6.92 Å². The zero-order valence-corrected chi connectivity index (χ0v) is 9.27. The van der Waals surface area contributed by atoms with Crippen LogP contribution in [0.2, 0.25) is 0 Å². The number of hydrogen-bond acceptors (Lipinski definition) is 3. The van der Waals surface area contributed by atoms with Crippen LogP contribution in [-0.4, -0.2) is 26.4 Å². The number of phenolic OH excluding ortho intramolecular Hbond substituents is 1. The summed E-state index contributed by atoms with van der Waals surface area (Å²) in [5.41, 5.74) is 2.21. The van der Waals surface area contributed by atoms with E-state index in [2.05, 4.69) is 10.2 Å². The summed E-state index contributed by atoms with van der Waals surface area (Å²) in [6, 6.07) is 6.55. The lowest BCUT2D eigenvalue weighted by molar-refractivity contribution is 0.0690. The van der Waals surface area contributed by atoms with Gasteiger partial charge in [-0.05, 0) is 36.2 Å². The summed E-state index contributed by atoms with van der Waals surface area (Å²) in [5, 5.41) is 24.7. The number of aromatic amines is 1. The number of aromatic hydroxyl groups is 1. The second kappa shape index (κ2) is 4.29. The minimum atomic E-state index is -1.06. The number of carboxylic acids is 1. The fourth-order valence-electron chi connectivity index (χ4n) is 1.61. The molecule has 0 spiro atoms. The van der Waals surface area contributed by atoms with E-state index in [-0.39, 0.29) is 11.4 Å². The highest BCUT2D eigenvalue weighted by Crippen LogP contribution is 2.24. The molecule has 0 bridgehead atoms. The number of aryl methyl sites for hydroxylation is 1. The molecule has 17 heavy (non-hydrogen) atoms. The maximum Gasteiger partial charge on any atom is 0.353 e. The zero-order chi connectivity index (χ0) is 12.4. The monoisotopic (exact) mass is 232 g/mol. The molecule has 0 aliphatic rings. The molecule has 5 heteroatoms. The van der Waals surface area contributed by atoms with Gasteiger partial charge < -0.3 is 10.2 Å². The van der Waals surface area contributed by atoms with Crippen molar-refractivity contribution in [3.05, 3.63) is 35.5 Å². The SMILES string of the molecule is CCc1cc(O)cc(-c2cc(C(=O)O)[nH]n2)c1. The summed E-state index contributed by atoms with van der Waals surface area (Å²) in [5.74, 6) is -0.904. The van der Waals surface area contributed by atoms with Crippen molar-refractivity contribution in [3.63, 3.8) is 0 Å². The lowest BCUT2D eigenvalue weighted by Gasteiger charge is -2.02. The third-order valence-corrected chi connectivity index (χ3v) is 2.49. The van der Waals surface area contributed by atoms with E-state index in [1.54, 1.807) is 12.1 Å². The standard InChI is InChI=1S/C12H12N2O3/c1-2-7-3-8(5-9(15)4-7)10-6-11(12(16)17)14-13-10/h3-6,15H,2H2,1H3,(H,13,14)(H,16,17). The van der Waals surface area contributed by atoms with Crippen molar-refractivity contribution < 1.29 is 15.0 Å². The van der Waals surface area contributed by atoms with Crippen LogP contribution in [0.4, 0.5) is 0 Å². The van der Waals surface area contributed by atoms with Crippen LogP contribution in [0.1, 0.15) is 23.0 Å². The molecule has 1 heterocycles. The number of benzene rings is 1. The third kappa shape index (κ3) is 2.28. The van der Waals surface area contributed by atoms with Gasteiger partial charge in [0.2, 0.25) is 0 Å². The average molecular weight is 232 g/mol. The molecule has 0 saturated carbocycles. The van der Waals surface area contributed by atoms with Crippen LogP contribution in [-0.2, 0) is 6.42 Å². The first kappa shape index (κ1) is 11.2. The van der Waals surface area contributed by atoms with Gasteiger partial charge in [-0.25, -0.2) is 4.79 Å². The molecule has 1 aromatic heterocycles. The van der Waals surface area contributed by atoms with Gasteiger partial charge in [0.25, 0.3) is 0 Å². The Labute approximate surface area is 97.7 Å². The molecule has 0 amide bonds. The molecular weight excluding hydrogens is 220 g/mol. The molecule has 2 aromatic rings. The molecule has 0 radical (unpaired) electrons. The molecule has 88 valence electrons. The molecule has 5 nitrogen and oxygen atoms in total. The van der Waals surface area contributed by atoms with Crippen LogP contribution in [0.25, 0.3) is 11.3 Å². The number of nitrogens with one attached hydrogen (secondary N) is 1. The number of rotatable bonds is 3. The van der Waals surface area contributed by atoms with Crippen molar-refractivity contribution >= 4 is 5.97 Å². The fraction of sp³-hybridized carbons (Fsp3) is 0.167. The average Bonchev–Trinajstić information content (AvgIpc) is 2.77. The third-order valence-electron chi connectivity index (χ3n) is 2.49. The molecule has 3 N–H and O–H groups in total. The lowest BCUT2D eigenvalue weighted by atomic mass is 10.1. The van der Waals surface area contributed by atoms with Gasteiger partial charge in [-0.15, -0.1) is 0 Å². The normalized spacial score (nSPS) is 10.4. The van der Waals surface area contributed by atoms with Crippen LogP contribution in [0.15, 0.2) is 24.3 Å². The van der Waals surface area contributed by atoms with Gasteiger partial charge in [-0.3, -0.25) is 5.10 Å². The molecule has 0 unspecified atom stereocenters. The number of aromatic carboxylic acids is 1. The highest BCUT2D eigenvalue weighted by Gasteiger charge is 2.10. The molecule has 0 fully saturated rings.